The molecule has 0 radical (unpaired) electrons. The molecule has 0 aliphatic heterocycles. The summed E-state index contributed by atoms with van der Waals surface area (Å²) in [4.78, 5) is 19.1. The number of imidazole rings is 1. The summed E-state index contributed by atoms with van der Waals surface area (Å²) in [7, 11) is 0. The second kappa shape index (κ2) is 4.72. The van der Waals surface area contributed by atoms with E-state index >= 15 is 0 Å². The number of carbonyl (C=O) groups excluding carboxylic acids is 1. The maximum absolute atomic E-state index is 11.9. The van der Waals surface area contributed by atoms with Crippen molar-refractivity contribution in [2.24, 2.45) is 11.7 Å². The van der Waals surface area contributed by atoms with Gasteiger partial charge in [-0.15, -0.1) is 0 Å². The zero-order chi connectivity index (χ0) is 13.3. The first-order chi connectivity index (χ1) is 8.42. The van der Waals surface area contributed by atoms with E-state index in [-0.39, 0.29) is 17.6 Å². The van der Waals surface area contributed by atoms with Crippen molar-refractivity contribution in [2.45, 2.75) is 51.7 Å². The summed E-state index contributed by atoms with van der Waals surface area (Å²) < 4.78 is 5.32. The number of nitrogens with zero attached hydrogens (tertiary/aromatic N) is 1. The minimum atomic E-state index is -0.373. The van der Waals surface area contributed by atoms with Gasteiger partial charge in [0.25, 0.3) is 0 Å². The first kappa shape index (κ1) is 13.1. The molecule has 1 aliphatic carbocycles. The van der Waals surface area contributed by atoms with Crippen LogP contribution in [0.25, 0.3) is 0 Å². The Morgan fingerprint density at radius 1 is 1.50 bits per heavy atom. The molecule has 0 bridgehead atoms. The van der Waals surface area contributed by atoms with Crippen molar-refractivity contribution >= 4 is 5.97 Å². The molecule has 3 N–H and O–H groups in total. The van der Waals surface area contributed by atoms with Crippen LogP contribution in [0.2, 0.25) is 0 Å². The van der Waals surface area contributed by atoms with E-state index in [1.54, 1.807) is 0 Å². The van der Waals surface area contributed by atoms with Gasteiger partial charge in [-0.2, -0.15) is 0 Å². The molecule has 1 heterocycles. The highest BCUT2D eigenvalue weighted by Crippen LogP contribution is 2.36. The Morgan fingerprint density at radius 2 is 2.17 bits per heavy atom. The zero-order valence-corrected chi connectivity index (χ0v) is 11.2. The molecule has 1 fully saturated rings. The van der Waals surface area contributed by atoms with Crippen LogP contribution in [-0.4, -0.2) is 22.0 Å². The summed E-state index contributed by atoms with van der Waals surface area (Å²) in [6, 6.07) is 0. The molecular weight excluding hydrogens is 230 g/mol. The molecule has 0 spiro atoms. The van der Waals surface area contributed by atoms with Crippen LogP contribution in [0.3, 0.4) is 0 Å². The largest absolute Gasteiger partial charge is 0.458 e. The van der Waals surface area contributed by atoms with Gasteiger partial charge >= 0.3 is 5.97 Å². The molecule has 1 atom stereocenters. The zero-order valence-electron chi connectivity index (χ0n) is 11.2. The lowest BCUT2D eigenvalue weighted by Crippen LogP contribution is -2.44. The Hall–Kier alpha value is -1.36. The average Bonchev–Trinajstić information content (AvgIpc) is 2.75. The highest BCUT2D eigenvalue weighted by Gasteiger charge is 2.37. The molecule has 1 unspecified atom stereocenters. The number of aromatic nitrogens is 2. The van der Waals surface area contributed by atoms with Crippen molar-refractivity contribution in [2.75, 3.05) is 0 Å². The molecule has 5 heteroatoms. The van der Waals surface area contributed by atoms with Gasteiger partial charge in [-0.25, -0.2) is 9.78 Å². The van der Waals surface area contributed by atoms with Crippen LogP contribution in [0.5, 0.6) is 0 Å². The number of ether oxygens (including phenoxy) is 1. The quantitative estimate of drug-likeness (QED) is 0.801. The summed E-state index contributed by atoms with van der Waals surface area (Å²) >= 11 is 0. The van der Waals surface area contributed by atoms with Gasteiger partial charge in [-0.1, -0.05) is 13.8 Å². The van der Waals surface area contributed by atoms with Gasteiger partial charge < -0.3 is 15.5 Å². The summed E-state index contributed by atoms with van der Waals surface area (Å²) in [5, 5.41) is 0. The predicted molar refractivity (Wildman–Crippen MR) is 68.0 cm³/mol. The molecule has 1 aromatic heterocycles. The van der Waals surface area contributed by atoms with E-state index in [0.717, 1.165) is 19.3 Å². The Morgan fingerprint density at radius 3 is 2.67 bits per heavy atom. The lowest BCUT2D eigenvalue weighted by molar-refractivity contribution is 0.0231. The fourth-order valence-corrected chi connectivity index (χ4v) is 1.84. The topological polar surface area (TPSA) is 81.0 Å². The van der Waals surface area contributed by atoms with E-state index < -0.39 is 0 Å². The molecule has 0 saturated heterocycles. The van der Waals surface area contributed by atoms with Gasteiger partial charge in [-0.05, 0) is 32.1 Å². The minimum Gasteiger partial charge on any atom is -0.458 e. The Balaban J connectivity index is 2.03. The van der Waals surface area contributed by atoms with Crippen molar-refractivity contribution in [3.63, 3.8) is 0 Å². The van der Waals surface area contributed by atoms with Gasteiger partial charge in [0, 0.05) is 0 Å². The van der Waals surface area contributed by atoms with Crippen LogP contribution in [0.4, 0.5) is 0 Å². The maximum Gasteiger partial charge on any atom is 0.356 e. The van der Waals surface area contributed by atoms with Crippen molar-refractivity contribution in [1.82, 2.24) is 9.97 Å². The Kier molecular flexibility index (Phi) is 3.43. The normalized spacial score (nSPS) is 19.4. The van der Waals surface area contributed by atoms with Gasteiger partial charge in [0.05, 0.1) is 11.7 Å². The first-order valence-electron chi connectivity index (χ1n) is 6.48. The highest BCUT2D eigenvalue weighted by atomic mass is 16.5. The second-order valence-corrected chi connectivity index (χ2v) is 5.51. The molecule has 18 heavy (non-hydrogen) atoms. The fraction of sp³-hybridized carbons (Fsp3) is 0.692. The third kappa shape index (κ3) is 2.41. The number of esters is 1. The van der Waals surface area contributed by atoms with Crippen LogP contribution < -0.4 is 5.73 Å². The monoisotopic (exact) mass is 251 g/mol. The van der Waals surface area contributed by atoms with Crippen LogP contribution in [0, 0.1) is 5.92 Å². The maximum atomic E-state index is 11.9. The number of hydrogen-bond donors (Lipinski definition) is 2. The van der Waals surface area contributed by atoms with E-state index in [0.29, 0.717) is 17.4 Å². The fourth-order valence-electron chi connectivity index (χ4n) is 1.84. The van der Waals surface area contributed by atoms with E-state index in [1.165, 1.54) is 6.20 Å². The third-order valence-electron chi connectivity index (χ3n) is 3.74. The van der Waals surface area contributed by atoms with Crippen LogP contribution in [-0.2, 0) is 10.3 Å². The summed E-state index contributed by atoms with van der Waals surface area (Å²) in [6.07, 6.45) is 4.34. The highest BCUT2D eigenvalue weighted by molar-refractivity contribution is 5.87. The number of nitrogens with one attached hydrogen (secondary N) is 1. The van der Waals surface area contributed by atoms with Gasteiger partial charge in [0.2, 0.25) is 0 Å². The molecule has 2 rings (SSSR count). The average molecular weight is 251 g/mol. The van der Waals surface area contributed by atoms with E-state index in [9.17, 15) is 4.79 Å². The van der Waals surface area contributed by atoms with Gasteiger partial charge in [0.1, 0.15) is 17.6 Å². The predicted octanol–water partition coefficient (Wildman–Crippen LogP) is 1.95. The van der Waals surface area contributed by atoms with E-state index in [2.05, 4.69) is 9.97 Å². The number of rotatable bonds is 4. The van der Waals surface area contributed by atoms with Crippen molar-refractivity contribution in [3.05, 3.63) is 17.7 Å². The van der Waals surface area contributed by atoms with Gasteiger partial charge in [-0.3, -0.25) is 0 Å². The van der Waals surface area contributed by atoms with Crippen LogP contribution >= 0.6 is 0 Å². The summed E-state index contributed by atoms with van der Waals surface area (Å²) in [5.41, 5.74) is 6.15. The minimum absolute atomic E-state index is 0.111. The summed E-state index contributed by atoms with van der Waals surface area (Å²) in [5.74, 6) is 0.625. The lowest BCUT2D eigenvalue weighted by atomic mass is 9.77. The number of aromatic amines is 1. The number of hydrogen-bond acceptors (Lipinski definition) is 4. The van der Waals surface area contributed by atoms with Gasteiger partial charge in [0.15, 0.2) is 0 Å². The molecule has 100 valence electrons. The lowest BCUT2D eigenvalue weighted by Gasteiger charge is -2.35. The molecule has 1 saturated carbocycles. The smallest absolute Gasteiger partial charge is 0.356 e. The molecule has 1 aliphatic rings. The molecule has 1 aromatic rings. The van der Waals surface area contributed by atoms with Crippen molar-refractivity contribution in [3.8, 4) is 0 Å². The van der Waals surface area contributed by atoms with Crippen molar-refractivity contribution in [1.29, 1.82) is 0 Å². The third-order valence-corrected chi connectivity index (χ3v) is 3.74. The van der Waals surface area contributed by atoms with E-state index in [4.69, 9.17) is 10.5 Å². The number of carbonyl (C=O) groups is 1. The Bertz CT molecular complexity index is 435. The van der Waals surface area contributed by atoms with Crippen molar-refractivity contribution < 1.29 is 9.53 Å². The number of nitrogens with two attached hydrogens (primary N) is 1. The Labute approximate surface area is 107 Å². The second-order valence-electron chi connectivity index (χ2n) is 5.51. The number of H-pyrrole nitrogens is 1. The van der Waals surface area contributed by atoms with Crippen LogP contribution in [0.15, 0.2) is 6.20 Å². The standard InChI is InChI=1S/C13H21N3O2/c1-8(2)9(3)18-11(17)10-7-15-12(16-10)13(14)5-4-6-13/h7-9H,4-6,14H2,1-3H3,(H,15,16). The molecule has 0 amide bonds. The molecule has 0 aromatic carbocycles. The first-order valence-corrected chi connectivity index (χ1v) is 6.48. The molecular formula is C13H21N3O2. The summed E-state index contributed by atoms with van der Waals surface area (Å²) in [6.45, 7) is 5.91. The van der Waals surface area contributed by atoms with E-state index in [1.807, 2.05) is 20.8 Å². The molecule has 5 nitrogen and oxygen atoms in total. The van der Waals surface area contributed by atoms with Crippen LogP contribution in [0.1, 0.15) is 56.3 Å². The SMILES string of the molecule is CC(C)C(C)OC(=O)c1cnc(C2(N)CCC2)[nH]1.